The van der Waals surface area contributed by atoms with Gasteiger partial charge in [0.25, 0.3) is 5.91 Å². The second kappa shape index (κ2) is 10.2. The zero-order chi connectivity index (χ0) is 21.6. The molecule has 0 unspecified atom stereocenters. The molecule has 1 heterocycles. The summed E-state index contributed by atoms with van der Waals surface area (Å²) in [7, 11) is -1.96. The zero-order valence-electron chi connectivity index (χ0n) is 16.5. The van der Waals surface area contributed by atoms with Crippen LogP contribution in [0.3, 0.4) is 0 Å². The number of carbonyl (C=O) groups excluding carboxylic acids is 1. The minimum atomic E-state index is -3.53. The molecule has 30 heavy (non-hydrogen) atoms. The number of ether oxygens (including phenoxy) is 1. The molecule has 3 rings (SSSR count). The van der Waals surface area contributed by atoms with Gasteiger partial charge in [0.15, 0.2) is 0 Å². The smallest absolute Gasteiger partial charge is 0.254 e. The number of halogens is 1. The molecule has 1 saturated heterocycles. The van der Waals surface area contributed by atoms with Gasteiger partial charge in [-0.3, -0.25) is 9.69 Å². The first-order valence-electron chi connectivity index (χ1n) is 9.33. The van der Waals surface area contributed by atoms with Crippen LogP contribution in [0, 0.1) is 0 Å². The second-order valence-electron chi connectivity index (χ2n) is 6.67. The lowest BCUT2D eigenvalue weighted by Gasteiger charge is -2.33. The molecule has 0 bridgehead atoms. The molecule has 2 aromatic rings. The van der Waals surface area contributed by atoms with E-state index >= 15 is 0 Å². The molecule has 0 aromatic heterocycles. The molecule has 0 spiro atoms. The highest BCUT2D eigenvalue weighted by Crippen LogP contribution is 2.20. The van der Waals surface area contributed by atoms with Crippen molar-refractivity contribution < 1.29 is 17.9 Å². The lowest BCUT2D eigenvalue weighted by Crippen LogP contribution is -2.50. The van der Waals surface area contributed by atoms with Crippen molar-refractivity contribution in [3.63, 3.8) is 0 Å². The maximum atomic E-state index is 12.7. The Morgan fingerprint density at radius 1 is 1.13 bits per heavy atom. The molecule has 1 aliphatic heterocycles. The molecule has 1 amide bonds. The normalized spacial score (nSPS) is 15.9. The topological polar surface area (TPSA) is 91.3 Å². The number of methoxy groups -OCH3 is 1. The maximum Gasteiger partial charge on any atom is 0.254 e. The number of hydrogen-bond donors (Lipinski definition) is 1. The number of piperazine rings is 1. The minimum Gasteiger partial charge on any atom is -0.496 e. The van der Waals surface area contributed by atoms with E-state index < -0.39 is 10.0 Å². The van der Waals surface area contributed by atoms with Crippen LogP contribution >= 0.6 is 15.9 Å². The van der Waals surface area contributed by atoms with E-state index in [0.717, 1.165) is 10.0 Å². The summed E-state index contributed by atoms with van der Waals surface area (Å²) in [5.41, 5.74) is 3.26. The lowest BCUT2D eigenvalue weighted by atomic mass is 10.2. The van der Waals surface area contributed by atoms with Gasteiger partial charge in [-0.2, -0.15) is 9.41 Å². The van der Waals surface area contributed by atoms with Crippen LogP contribution in [0.4, 0.5) is 0 Å². The summed E-state index contributed by atoms with van der Waals surface area (Å²) in [6, 6.07) is 13.9. The number of rotatable bonds is 7. The van der Waals surface area contributed by atoms with Crippen molar-refractivity contribution in [3.8, 4) is 5.75 Å². The van der Waals surface area contributed by atoms with E-state index in [-0.39, 0.29) is 17.3 Å². The highest BCUT2D eigenvalue weighted by atomic mass is 79.9. The predicted molar refractivity (Wildman–Crippen MR) is 118 cm³/mol. The van der Waals surface area contributed by atoms with Gasteiger partial charge in [-0.15, -0.1) is 0 Å². The van der Waals surface area contributed by atoms with Gasteiger partial charge in [0, 0.05) is 36.2 Å². The Morgan fingerprint density at radius 3 is 2.47 bits per heavy atom. The Morgan fingerprint density at radius 2 is 1.80 bits per heavy atom. The van der Waals surface area contributed by atoms with Crippen molar-refractivity contribution >= 4 is 38.1 Å². The van der Waals surface area contributed by atoms with Crippen molar-refractivity contribution in [2.45, 2.75) is 4.90 Å². The van der Waals surface area contributed by atoms with Crippen LogP contribution < -0.4 is 10.2 Å². The van der Waals surface area contributed by atoms with E-state index in [1.807, 2.05) is 29.2 Å². The Hall–Kier alpha value is -2.27. The number of nitrogens with one attached hydrogen (secondary N) is 1. The van der Waals surface area contributed by atoms with Gasteiger partial charge in [0.2, 0.25) is 10.0 Å². The van der Waals surface area contributed by atoms with Crippen molar-refractivity contribution in [2.24, 2.45) is 5.10 Å². The standard InChI is InChI=1S/C20H23BrN4O4S/c1-29-19-5-3-2-4-16(19)14-22-23-20(26)15-24-10-12-25(13-11-24)30(27,28)18-8-6-17(21)7-9-18/h2-9,14H,10-13,15H2,1H3,(H,23,26)/b22-14+. The molecule has 0 saturated carbocycles. The van der Waals surface area contributed by atoms with Crippen molar-refractivity contribution in [1.82, 2.24) is 14.6 Å². The Labute approximate surface area is 184 Å². The summed E-state index contributed by atoms with van der Waals surface area (Å²) in [5.74, 6) is 0.406. The van der Waals surface area contributed by atoms with E-state index in [2.05, 4.69) is 26.5 Å². The summed E-state index contributed by atoms with van der Waals surface area (Å²) < 4.78 is 33.0. The van der Waals surface area contributed by atoms with Crippen molar-refractivity contribution in [1.29, 1.82) is 0 Å². The fraction of sp³-hybridized carbons (Fsp3) is 0.300. The van der Waals surface area contributed by atoms with Crippen LogP contribution in [0.2, 0.25) is 0 Å². The Balaban J connectivity index is 1.49. The number of amides is 1. The number of sulfonamides is 1. The first kappa shape index (κ1) is 22.4. The third kappa shape index (κ3) is 5.66. The highest BCUT2D eigenvalue weighted by Gasteiger charge is 2.28. The molecular formula is C20H23BrN4O4S. The maximum absolute atomic E-state index is 12.7. The Kier molecular flexibility index (Phi) is 7.59. The lowest BCUT2D eigenvalue weighted by molar-refractivity contribution is -0.122. The van der Waals surface area contributed by atoms with Crippen LogP contribution in [0.1, 0.15) is 5.56 Å². The number of benzene rings is 2. The number of hydrogen-bond acceptors (Lipinski definition) is 6. The van der Waals surface area contributed by atoms with E-state index in [0.29, 0.717) is 31.9 Å². The van der Waals surface area contributed by atoms with Crippen LogP contribution in [-0.4, -0.2) is 69.6 Å². The molecule has 1 fully saturated rings. The molecule has 10 heteroatoms. The molecule has 1 aliphatic rings. The third-order valence-electron chi connectivity index (χ3n) is 4.68. The average Bonchev–Trinajstić information content (AvgIpc) is 2.75. The largest absolute Gasteiger partial charge is 0.496 e. The van der Waals surface area contributed by atoms with Gasteiger partial charge in [-0.1, -0.05) is 28.1 Å². The summed E-state index contributed by atoms with van der Waals surface area (Å²) in [5, 5.41) is 3.98. The van der Waals surface area contributed by atoms with Gasteiger partial charge >= 0.3 is 0 Å². The van der Waals surface area contributed by atoms with Crippen molar-refractivity contribution in [2.75, 3.05) is 39.8 Å². The van der Waals surface area contributed by atoms with Crippen LogP contribution in [0.25, 0.3) is 0 Å². The van der Waals surface area contributed by atoms with Gasteiger partial charge in [-0.25, -0.2) is 13.8 Å². The SMILES string of the molecule is COc1ccccc1/C=N/NC(=O)CN1CCN(S(=O)(=O)c2ccc(Br)cc2)CC1. The van der Waals surface area contributed by atoms with E-state index in [4.69, 9.17) is 4.74 Å². The second-order valence-corrected chi connectivity index (χ2v) is 9.52. The molecule has 0 atom stereocenters. The molecule has 0 radical (unpaired) electrons. The number of para-hydroxylation sites is 1. The van der Waals surface area contributed by atoms with E-state index in [9.17, 15) is 13.2 Å². The molecule has 8 nitrogen and oxygen atoms in total. The molecule has 160 valence electrons. The van der Waals surface area contributed by atoms with E-state index in [1.54, 1.807) is 31.4 Å². The summed E-state index contributed by atoms with van der Waals surface area (Å²) >= 11 is 3.31. The predicted octanol–water partition coefficient (Wildman–Crippen LogP) is 1.91. The molecule has 0 aliphatic carbocycles. The Bertz CT molecular complexity index is 1000. The third-order valence-corrected chi connectivity index (χ3v) is 7.12. The van der Waals surface area contributed by atoms with Crippen molar-refractivity contribution in [3.05, 3.63) is 58.6 Å². The van der Waals surface area contributed by atoms with Crippen LogP contribution in [0.5, 0.6) is 5.75 Å². The molecular weight excluding hydrogens is 472 g/mol. The quantitative estimate of drug-likeness (QED) is 0.468. The number of carbonyl (C=O) groups is 1. The van der Waals surface area contributed by atoms with Gasteiger partial charge in [-0.05, 0) is 36.4 Å². The van der Waals surface area contributed by atoms with Gasteiger partial charge in [0.1, 0.15) is 5.75 Å². The first-order chi connectivity index (χ1) is 14.4. The van der Waals surface area contributed by atoms with Gasteiger partial charge in [0.05, 0.1) is 24.8 Å². The average molecular weight is 495 g/mol. The monoisotopic (exact) mass is 494 g/mol. The summed E-state index contributed by atoms with van der Waals surface area (Å²) in [6.45, 7) is 1.75. The van der Waals surface area contributed by atoms with Crippen LogP contribution in [0.15, 0.2) is 63.0 Å². The molecule has 1 N–H and O–H groups in total. The molecule has 2 aromatic carbocycles. The summed E-state index contributed by atoms with van der Waals surface area (Å²) in [4.78, 5) is 14.3. The van der Waals surface area contributed by atoms with Crippen LogP contribution in [-0.2, 0) is 14.8 Å². The van der Waals surface area contributed by atoms with Gasteiger partial charge < -0.3 is 4.74 Å². The fourth-order valence-corrected chi connectivity index (χ4v) is 4.76. The minimum absolute atomic E-state index is 0.148. The fourth-order valence-electron chi connectivity index (χ4n) is 3.07. The highest BCUT2D eigenvalue weighted by molar-refractivity contribution is 9.10. The number of hydrazone groups is 1. The summed E-state index contributed by atoms with van der Waals surface area (Å²) in [6.07, 6.45) is 1.53. The number of nitrogens with zero attached hydrogens (tertiary/aromatic N) is 3. The first-order valence-corrected chi connectivity index (χ1v) is 11.6. The zero-order valence-corrected chi connectivity index (χ0v) is 18.9. The van der Waals surface area contributed by atoms with E-state index in [1.165, 1.54) is 10.5 Å².